The smallest absolute Gasteiger partial charge is 0.118 e. The molecular formula is C12H22N2O. The monoisotopic (exact) mass is 210 g/mol. The van der Waals surface area contributed by atoms with Gasteiger partial charge in [0.25, 0.3) is 0 Å². The van der Waals surface area contributed by atoms with E-state index in [1.54, 1.807) is 0 Å². The van der Waals surface area contributed by atoms with Gasteiger partial charge in [-0.3, -0.25) is 4.90 Å². The molecule has 1 rings (SSSR count). The summed E-state index contributed by atoms with van der Waals surface area (Å²) in [5.41, 5.74) is 0. The molecule has 1 N–H and O–H groups in total. The first-order valence-electron chi connectivity index (χ1n) is 5.59. The molecule has 0 aromatic carbocycles. The third-order valence-corrected chi connectivity index (χ3v) is 2.64. The van der Waals surface area contributed by atoms with Gasteiger partial charge in [-0.05, 0) is 39.6 Å². The van der Waals surface area contributed by atoms with Crippen molar-refractivity contribution >= 4 is 0 Å². The first-order valence-corrected chi connectivity index (χ1v) is 5.59. The topological polar surface area (TPSA) is 28.4 Å². The van der Waals surface area contributed by atoms with Crippen LogP contribution in [0.1, 0.15) is 25.4 Å². The predicted octanol–water partition coefficient (Wildman–Crippen LogP) is 2.02. The summed E-state index contributed by atoms with van der Waals surface area (Å²) in [6, 6.07) is 4.58. The number of hydrogen-bond donors (Lipinski definition) is 1. The Labute approximate surface area is 92.5 Å². The molecule has 0 aliphatic carbocycles. The van der Waals surface area contributed by atoms with Crippen molar-refractivity contribution in [3.8, 4) is 0 Å². The first kappa shape index (κ1) is 12.3. The van der Waals surface area contributed by atoms with Crippen molar-refractivity contribution < 1.29 is 4.42 Å². The molecule has 0 fully saturated rings. The van der Waals surface area contributed by atoms with Crippen LogP contribution >= 0.6 is 0 Å². The van der Waals surface area contributed by atoms with E-state index in [0.717, 1.165) is 31.2 Å². The minimum absolute atomic E-state index is 0.523. The molecular weight excluding hydrogens is 188 g/mol. The maximum Gasteiger partial charge on any atom is 0.118 e. The van der Waals surface area contributed by atoms with E-state index in [1.807, 2.05) is 19.1 Å². The third-order valence-electron chi connectivity index (χ3n) is 2.64. The Hall–Kier alpha value is -0.800. The summed E-state index contributed by atoms with van der Waals surface area (Å²) in [7, 11) is 2.12. The number of nitrogens with zero attached hydrogens (tertiary/aromatic N) is 1. The zero-order valence-corrected chi connectivity index (χ0v) is 10.2. The molecule has 0 amide bonds. The van der Waals surface area contributed by atoms with Crippen LogP contribution in [-0.4, -0.2) is 31.1 Å². The van der Waals surface area contributed by atoms with Gasteiger partial charge in [-0.1, -0.05) is 6.92 Å². The highest BCUT2D eigenvalue weighted by atomic mass is 16.3. The van der Waals surface area contributed by atoms with Crippen LogP contribution in [-0.2, 0) is 6.54 Å². The lowest BCUT2D eigenvalue weighted by molar-refractivity contribution is 0.224. The van der Waals surface area contributed by atoms with Gasteiger partial charge >= 0.3 is 0 Å². The second-order valence-electron chi connectivity index (χ2n) is 4.08. The van der Waals surface area contributed by atoms with Gasteiger partial charge in [-0.25, -0.2) is 0 Å². The van der Waals surface area contributed by atoms with Crippen molar-refractivity contribution in [2.24, 2.45) is 0 Å². The molecule has 0 saturated carbocycles. The summed E-state index contributed by atoms with van der Waals surface area (Å²) in [5.74, 6) is 2.02. The van der Waals surface area contributed by atoms with Crippen molar-refractivity contribution in [2.45, 2.75) is 33.4 Å². The van der Waals surface area contributed by atoms with Gasteiger partial charge in [0.1, 0.15) is 11.5 Å². The molecule has 0 saturated heterocycles. The SMILES string of the molecule is CCNCC(C)N(C)Cc1ccc(C)o1. The van der Waals surface area contributed by atoms with Crippen LogP contribution in [0.15, 0.2) is 16.5 Å². The molecule has 0 aliphatic heterocycles. The Morgan fingerprint density at radius 2 is 2.20 bits per heavy atom. The Morgan fingerprint density at radius 1 is 1.47 bits per heavy atom. The zero-order chi connectivity index (χ0) is 11.3. The van der Waals surface area contributed by atoms with E-state index in [-0.39, 0.29) is 0 Å². The summed E-state index contributed by atoms with van der Waals surface area (Å²) in [5, 5.41) is 3.35. The normalized spacial score (nSPS) is 13.4. The second-order valence-corrected chi connectivity index (χ2v) is 4.08. The Balaban J connectivity index is 2.37. The fourth-order valence-corrected chi connectivity index (χ4v) is 1.48. The molecule has 3 nitrogen and oxygen atoms in total. The zero-order valence-electron chi connectivity index (χ0n) is 10.2. The second kappa shape index (κ2) is 5.93. The number of rotatable bonds is 6. The molecule has 0 spiro atoms. The first-order chi connectivity index (χ1) is 7.13. The van der Waals surface area contributed by atoms with Crippen LogP contribution in [0.4, 0.5) is 0 Å². The van der Waals surface area contributed by atoms with Crippen LogP contribution in [0.2, 0.25) is 0 Å². The molecule has 0 radical (unpaired) electrons. The number of furan rings is 1. The number of nitrogens with one attached hydrogen (secondary N) is 1. The molecule has 1 unspecified atom stereocenters. The fourth-order valence-electron chi connectivity index (χ4n) is 1.48. The van der Waals surface area contributed by atoms with E-state index in [0.29, 0.717) is 6.04 Å². The van der Waals surface area contributed by atoms with E-state index in [9.17, 15) is 0 Å². The molecule has 0 aliphatic rings. The Kier molecular flexibility index (Phi) is 4.85. The summed E-state index contributed by atoms with van der Waals surface area (Å²) in [4.78, 5) is 2.29. The van der Waals surface area contributed by atoms with Crippen molar-refractivity contribution in [2.75, 3.05) is 20.1 Å². The van der Waals surface area contributed by atoms with E-state index in [2.05, 4.69) is 31.1 Å². The van der Waals surface area contributed by atoms with Crippen LogP contribution in [0.5, 0.6) is 0 Å². The van der Waals surface area contributed by atoms with Crippen molar-refractivity contribution in [1.82, 2.24) is 10.2 Å². The minimum Gasteiger partial charge on any atom is -0.465 e. The highest BCUT2D eigenvalue weighted by Crippen LogP contribution is 2.09. The largest absolute Gasteiger partial charge is 0.465 e. The van der Waals surface area contributed by atoms with Gasteiger partial charge in [-0.2, -0.15) is 0 Å². The number of hydrogen-bond acceptors (Lipinski definition) is 3. The van der Waals surface area contributed by atoms with E-state index in [4.69, 9.17) is 4.42 Å². The average molecular weight is 210 g/mol. The average Bonchev–Trinajstić information content (AvgIpc) is 2.60. The molecule has 0 bridgehead atoms. The van der Waals surface area contributed by atoms with Gasteiger partial charge in [0, 0.05) is 12.6 Å². The number of aryl methyl sites for hydroxylation is 1. The van der Waals surface area contributed by atoms with Gasteiger partial charge in [0.05, 0.1) is 6.54 Å². The van der Waals surface area contributed by atoms with E-state index >= 15 is 0 Å². The maximum absolute atomic E-state index is 5.55. The number of likely N-dealkylation sites (N-methyl/N-ethyl adjacent to an activating group) is 2. The lowest BCUT2D eigenvalue weighted by Crippen LogP contribution is -2.37. The van der Waals surface area contributed by atoms with Gasteiger partial charge in [0.15, 0.2) is 0 Å². The minimum atomic E-state index is 0.523. The lowest BCUT2D eigenvalue weighted by Gasteiger charge is -2.23. The fraction of sp³-hybridized carbons (Fsp3) is 0.667. The summed E-state index contributed by atoms with van der Waals surface area (Å²) < 4.78 is 5.55. The van der Waals surface area contributed by atoms with Crippen LogP contribution in [0.25, 0.3) is 0 Å². The van der Waals surface area contributed by atoms with E-state index < -0.39 is 0 Å². The summed E-state index contributed by atoms with van der Waals surface area (Å²) in [6.45, 7) is 9.25. The molecule has 1 aromatic heterocycles. The van der Waals surface area contributed by atoms with Crippen molar-refractivity contribution in [3.63, 3.8) is 0 Å². The highest BCUT2D eigenvalue weighted by Gasteiger charge is 2.10. The summed E-state index contributed by atoms with van der Waals surface area (Å²) >= 11 is 0. The molecule has 86 valence electrons. The quantitative estimate of drug-likeness (QED) is 0.778. The van der Waals surface area contributed by atoms with Crippen LogP contribution < -0.4 is 5.32 Å². The van der Waals surface area contributed by atoms with Gasteiger partial charge < -0.3 is 9.73 Å². The van der Waals surface area contributed by atoms with Crippen LogP contribution in [0.3, 0.4) is 0 Å². The molecule has 3 heteroatoms. The lowest BCUT2D eigenvalue weighted by atomic mass is 10.3. The standard InChI is InChI=1S/C12H22N2O/c1-5-13-8-10(2)14(4)9-12-7-6-11(3)15-12/h6-7,10,13H,5,8-9H2,1-4H3. The van der Waals surface area contributed by atoms with Crippen LogP contribution in [0, 0.1) is 6.92 Å². The maximum atomic E-state index is 5.55. The van der Waals surface area contributed by atoms with Crippen molar-refractivity contribution in [3.05, 3.63) is 23.7 Å². The molecule has 15 heavy (non-hydrogen) atoms. The van der Waals surface area contributed by atoms with Gasteiger partial charge in [0.2, 0.25) is 0 Å². The third kappa shape index (κ3) is 4.06. The van der Waals surface area contributed by atoms with Crippen molar-refractivity contribution in [1.29, 1.82) is 0 Å². The highest BCUT2D eigenvalue weighted by molar-refractivity contribution is 5.05. The Bertz CT molecular complexity index is 283. The van der Waals surface area contributed by atoms with Gasteiger partial charge in [-0.15, -0.1) is 0 Å². The Morgan fingerprint density at radius 3 is 2.73 bits per heavy atom. The molecule has 1 heterocycles. The van der Waals surface area contributed by atoms with E-state index in [1.165, 1.54) is 0 Å². The molecule has 1 aromatic rings. The molecule has 1 atom stereocenters. The predicted molar refractivity (Wildman–Crippen MR) is 62.9 cm³/mol. The summed E-state index contributed by atoms with van der Waals surface area (Å²) in [6.07, 6.45) is 0.